The molecule has 7 heteroatoms. The summed E-state index contributed by atoms with van der Waals surface area (Å²) in [7, 11) is 0. The molecule has 4 amide bonds. The summed E-state index contributed by atoms with van der Waals surface area (Å²) in [5, 5.41) is 10.9. The number of benzene rings is 1. The van der Waals surface area contributed by atoms with Crippen LogP contribution in [0.25, 0.3) is 0 Å². The number of nitrogens with one attached hydrogen (secondary N) is 4. The van der Waals surface area contributed by atoms with Gasteiger partial charge in [0.2, 0.25) is 11.8 Å². The number of carbonyl (C=O) groups excluding carboxylic acids is 3. The normalized spacial score (nSPS) is 13.2. The SMILES string of the molecule is CC(C)CCC(=O)NCC(=O)Nc1ccc(NC(=O)NC2CC2)cc1. The molecule has 4 N–H and O–H groups in total. The predicted octanol–water partition coefficient (Wildman–Crippen LogP) is 2.46. The molecule has 1 fully saturated rings. The van der Waals surface area contributed by atoms with Crippen LogP contribution in [0.2, 0.25) is 0 Å². The number of amides is 4. The molecule has 0 unspecified atom stereocenters. The number of hydrogen-bond acceptors (Lipinski definition) is 3. The molecule has 0 saturated heterocycles. The summed E-state index contributed by atoms with van der Waals surface area (Å²) in [6.45, 7) is 4.04. The fourth-order valence-corrected chi connectivity index (χ4v) is 2.11. The molecule has 0 atom stereocenters. The lowest BCUT2D eigenvalue weighted by atomic mass is 10.1. The Morgan fingerprint density at radius 2 is 1.60 bits per heavy atom. The number of anilines is 2. The Bertz CT molecular complexity index is 609. The number of hydrogen-bond donors (Lipinski definition) is 4. The fourth-order valence-electron chi connectivity index (χ4n) is 2.11. The van der Waals surface area contributed by atoms with Crippen molar-refractivity contribution in [3.8, 4) is 0 Å². The molecule has 0 aromatic heterocycles. The van der Waals surface area contributed by atoms with Gasteiger partial charge in [-0.15, -0.1) is 0 Å². The average Bonchev–Trinajstić information content (AvgIpc) is 3.36. The van der Waals surface area contributed by atoms with Gasteiger partial charge in [0.1, 0.15) is 0 Å². The number of carbonyl (C=O) groups is 3. The van der Waals surface area contributed by atoms with E-state index in [9.17, 15) is 14.4 Å². The smallest absolute Gasteiger partial charge is 0.319 e. The van der Waals surface area contributed by atoms with Crippen LogP contribution in [0.3, 0.4) is 0 Å². The summed E-state index contributed by atoms with van der Waals surface area (Å²) >= 11 is 0. The molecular formula is C18H26N4O3. The second kappa shape index (κ2) is 9.05. The number of urea groups is 1. The first-order valence-electron chi connectivity index (χ1n) is 8.66. The van der Waals surface area contributed by atoms with E-state index in [2.05, 4.69) is 21.3 Å². The van der Waals surface area contributed by atoms with Gasteiger partial charge >= 0.3 is 6.03 Å². The Morgan fingerprint density at radius 3 is 2.16 bits per heavy atom. The van der Waals surface area contributed by atoms with Crippen molar-refractivity contribution in [1.82, 2.24) is 10.6 Å². The third kappa shape index (κ3) is 7.69. The molecule has 0 aliphatic heterocycles. The Balaban J connectivity index is 1.69. The van der Waals surface area contributed by atoms with E-state index in [1.54, 1.807) is 24.3 Å². The van der Waals surface area contributed by atoms with E-state index in [4.69, 9.17) is 0 Å². The quantitative estimate of drug-likeness (QED) is 0.582. The minimum absolute atomic E-state index is 0.0548. The molecule has 0 bridgehead atoms. The molecular weight excluding hydrogens is 320 g/mol. The maximum Gasteiger partial charge on any atom is 0.319 e. The molecule has 0 spiro atoms. The lowest BCUT2D eigenvalue weighted by Crippen LogP contribution is -2.32. The summed E-state index contributed by atoms with van der Waals surface area (Å²) in [4.78, 5) is 35.1. The van der Waals surface area contributed by atoms with Crippen molar-refractivity contribution in [1.29, 1.82) is 0 Å². The monoisotopic (exact) mass is 346 g/mol. The molecule has 25 heavy (non-hydrogen) atoms. The topological polar surface area (TPSA) is 99.3 Å². The van der Waals surface area contributed by atoms with Crippen LogP contribution in [0.1, 0.15) is 39.5 Å². The van der Waals surface area contributed by atoms with Gasteiger partial charge in [-0.1, -0.05) is 13.8 Å². The van der Waals surface area contributed by atoms with Gasteiger partial charge < -0.3 is 21.3 Å². The van der Waals surface area contributed by atoms with Gasteiger partial charge in [0, 0.05) is 23.8 Å². The van der Waals surface area contributed by atoms with Crippen LogP contribution in [0.15, 0.2) is 24.3 Å². The summed E-state index contributed by atoms with van der Waals surface area (Å²) in [5.41, 5.74) is 1.26. The summed E-state index contributed by atoms with van der Waals surface area (Å²) in [6, 6.07) is 6.90. The maximum absolute atomic E-state index is 11.8. The number of rotatable bonds is 8. The van der Waals surface area contributed by atoms with Gasteiger partial charge in [-0.25, -0.2) is 4.79 Å². The zero-order chi connectivity index (χ0) is 18.2. The zero-order valence-electron chi connectivity index (χ0n) is 14.7. The van der Waals surface area contributed by atoms with Gasteiger partial charge in [-0.2, -0.15) is 0 Å². The van der Waals surface area contributed by atoms with Crippen molar-refractivity contribution < 1.29 is 14.4 Å². The van der Waals surface area contributed by atoms with Crippen molar-refractivity contribution in [2.24, 2.45) is 5.92 Å². The summed E-state index contributed by atoms with van der Waals surface area (Å²) < 4.78 is 0. The van der Waals surface area contributed by atoms with Gasteiger partial charge in [0.05, 0.1) is 6.54 Å². The molecule has 1 aromatic carbocycles. The van der Waals surface area contributed by atoms with Crippen LogP contribution in [-0.2, 0) is 9.59 Å². The van der Waals surface area contributed by atoms with Gasteiger partial charge in [-0.05, 0) is 49.4 Å². The Hall–Kier alpha value is -2.57. The highest BCUT2D eigenvalue weighted by molar-refractivity contribution is 5.95. The molecule has 0 heterocycles. The van der Waals surface area contributed by atoms with Crippen LogP contribution < -0.4 is 21.3 Å². The highest BCUT2D eigenvalue weighted by Crippen LogP contribution is 2.19. The van der Waals surface area contributed by atoms with Crippen LogP contribution in [0, 0.1) is 5.92 Å². The molecule has 1 saturated carbocycles. The first-order chi connectivity index (χ1) is 11.9. The van der Waals surface area contributed by atoms with E-state index in [1.165, 1.54) is 0 Å². The van der Waals surface area contributed by atoms with E-state index in [0.717, 1.165) is 19.3 Å². The summed E-state index contributed by atoms with van der Waals surface area (Å²) in [5.74, 6) is 0.0493. The van der Waals surface area contributed by atoms with Crippen molar-refractivity contribution in [2.45, 2.75) is 45.6 Å². The minimum atomic E-state index is -0.287. The Labute approximate surface area is 147 Å². The third-order valence-corrected chi connectivity index (χ3v) is 3.73. The van der Waals surface area contributed by atoms with Crippen LogP contribution in [0.4, 0.5) is 16.2 Å². The van der Waals surface area contributed by atoms with E-state index >= 15 is 0 Å². The molecule has 1 aliphatic rings. The Kier molecular flexibility index (Phi) is 6.80. The van der Waals surface area contributed by atoms with E-state index < -0.39 is 0 Å². The van der Waals surface area contributed by atoms with E-state index in [-0.39, 0.29) is 24.4 Å². The minimum Gasteiger partial charge on any atom is -0.347 e. The first kappa shape index (κ1) is 18.8. The molecule has 7 nitrogen and oxygen atoms in total. The third-order valence-electron chi connectivity index (χ3n) is 3.73. The predicted molar refractivity (Wildman–Crippen MR) is 97.3 cm³/mol. The molecule has 2 rings (SSSR count). The van der Waals surface area contributed by atoms with Crippen molar-refractivity contribution >= 4 is 29.2 Å². The van der Waals surface area contributed by atoms with Gasteiger partial charge in [0.15, 0.2) is 0 Å². The zero-order valence-corrected chi connectivity index (χ0v) is 14.7. The second-order valence-corrected chi connectivity index (χ2v) is 6.71. The van der Waals surface area contributed by atoms with E-state index in [0.29, 0.717) is 29.8 Å². The van der Waals surface area contributed by atoms with Crippen molar-refractivity contribution in [3.63, 3.8) is 0 Å². The lowest BCUT2D eigenvalue weighted by molar-refractivity contribution is -0.124. The van der Waals surface area contributed by atoms with Gasteiger partial charge in [-0.3, -0.25) is 9.59 Å². The van der Waals surface area contributed by atoms with Crippen molar-refractivity contribution in [3.05, 3.63) is 24.3 Å². The van der Waals surface area contributed by atoms with Gasteiger partial charge in [0.25, 0.3) is 0 Å². The van der Waals surface area contributed by atoms with Crippen LogP contribution in [0.5, 0.6) is 0 Å². The van der Waals surface area contributed by atoms with Crippen LogP contribution in [-0.4, -0.2) is 30.4 Å². The lowest BCUT2D eigenvalue weighted by Gasteiger charge is -2.09. The fraction of sp³-hybridized carbons (Fsp3) is 0.500. The second-order valence-electron chi connectivity index (χ2n) is 6.71. The highest BCUT2D eigenvalue weighted by Gasteiger charge is 2.23. The van der Waals surface area contributed by atoms with Crippen molar-refractivity contribution in [2.75, 3.05) is 17.2 Å². The standard InChI is InChI=1S/C18H26N4O3/c1-12(2)3-10-16(23)19-11-17(24)20-13-4-6-14(7-5-13)21-18(25)22-15-8-9-15/h4-7,12,15H,3,8-11H2,1-2H3,(H,19,23)(H,20,24)(H2,21,22,25). The van der Waals surface area contributed by atoms with Crippen LogP contribution >= 0.6 is 0 Å². The van der Waals surface area contributed by atoms with E-state index in [1.807, 2.05) is 13.8 Å². The molecule has 1 aromatic rings. The maximum atomic E-state index is 11.8. The largest absolute Gasteiger partial charge is 0.347 e. The Morgan fingerprint density at radius 1 is 1.00 bits per heavy atom. The highest BCUT2D eigenvalue weighted by atomic mass is 16.2. The molecule has 136 valence electrons. The average molecular weight is 346 g/mol. The first-order valence-corrected chi connectivity index (χ1v) is 8.66. The summed E-state index contributed by atoms with van der Waals surface area (Å²) in [6.07, 6.45) is 3.29. The molecule has 0 radical (unpaired) electrons. The molecule has 1 aliphatic carbocycles.